The molecule has 0 heterocycles. The van der Waals surface area contributed by atoms with E-state index in [0.29, 0.717) is 6.42 Å². The van der Waals surface area contributed by atoms with Crippen molar-refractivity contribution in [2.45, 2.75) is 19.0 Å². The largest absolute Gasteiger partial charge is 0.450 e. The molecule has 0 atom stereocenters. The Bertz CT molecular complexity index is 435. The molecule has 6 heteroatoms. The van der Waals surface area contributed by atoms with Gasteiger partial charge in [0.05, 0.1) is 6.42 Å². The SMILES string of the molecule is O=C(CC(=O)C(F)(F)F)c1ccc(CCO)cc1. The van der Waals surface area contributed by atoms with Gasteiger partial charge in [-0.3, -0.25) is 9.59 Å². The first-order chi connectivity index (χ1) is 8.34. The maximum Gasteiger partial charge on any atom is 0.450 e. The van der Waals surface area contributed by atoms with Crippen molar-refractivity contribution in [1.82, 2.24) is 0 Å². The summed E-state index contributed by atoms with van der Waals surface area (Å²) >= 11 is 0. The van der Waals surface area contributed by atoms with Crippen LogP contribution in [0.4, 0.5) is 13.2 Å². The number of benzene rings is 1. The lowest BCUT2D eigenvalue weighted by Gasteiger charge is -2.05. The Kier molecular flexibility index (Phi) is 4.61. The van der Waals surface area contributed by atoms with Gasteiger partial charge in [0.15, 0.2) is 5.78 Å². The lowest BCUT2D eigenvalue weighted by molar-refractivity contribution is -0.170. The maximum absolute atomic E-state index is 12.0. The molecule has 0 aromatic heterocycles. The fourth-order valence-electron chi connectivity index (χ4n) is 1.33. The summed E-state index contributed by atoms with van der Waals surface area (Å²) in [5, 5.41) is 8.67. The number of hydrogen-bond acceptors (Lipinski definition) is 3. The first-order valence-electron chi connectivity index (χ1n) is 5.17. The smallest absolute Gasteiger partial charge is 0.396 e. The number of aliphatic hydroxyl groups is 1. The highest BCUT2D eigenvalue weighted by molar-refractivity contribution is 6.09. The third-order valence-corrected chi connectivity index (χ3v) is 2.31. The molecule has 0 saturated carbocycles. The van der Waals surface area contributed by atoms with E-state index < -0.39 is 24.2 Å². The van der Waals surface area contributed by atoms with Gasteiger partial charge in [0.25, 0.3) is 0 Å². The summed E-state index contributed by atoms with van der Waals surface area (Å²) in [6.07, 6.45) is -5.76. The molecule has 0 aliphatic rings. The molecule has 18 heavy (non-hydrogen) atoms. The molecule has 0 fully saturated rings. The molecular formula is C12H11F3O3. The second-order valence-electron chi connectivity index (χ2n) is 3.69. The van der Waals surface area contributed by atoms with E-state index in [1.807, 2.05) is 0 Å². The summed E-state index contributed by atoms with van der Waals surface area (Å²) in [4.78, 5) is 22.0. The van der Waals surface area contributed by atoms with Gasteiger partial charge in [0.2, 0.25) is 5.78 Å². The Morgan fingerprint density at radius 1 is 1.11 bits per heavy atom. The fraction of sp³-hybridized carbons (Fsp3) is 0.333. The molecule has 1 rings (SSSR count). The summed E-state index contributed by atoms with van der Waals surface area (Å²) in [5.74, 6) is -2.92. The third-order valence-electron chi connectivity index (χ3n) is 2.31. The number of carbonyl (C=O) groups excluding carboxylic acids is 2. The van der Waals surface area contributed by atoms with E-state index in [2.05, 4.69) is 0 Å². The van der Waals surface area contributed by atoms with Crippen LogP contribution in [-0.2, 0) is 11.2 Å². The average Bonchev–Trinajstić information content (AvgIpc) is 2.29. The Morgan fingerprint density at radius 3 is 2.11 bits per heavy atom. The zero-order valence-corrected chi connectivity index (χ0v) is 9.33. The van der Waals surface area contributed by atoms with E-state index in [9.17, 15) is 22.8 Å². The van der Waals surface area contributed by atoms with Crippen LogP contribution in [0.2, 0.25) is 0 Å². The standard InChI is InChI=1S/C12H11F3O3/c13-12(14,15)11(18)7-10(17)9-3-1-8(2-4-9)5-6-16/h1-4,16H,5-7H2. The monoisotopic (exact) mass is 260 g/mol. The number of hydrogen-bond donors (Lipinski definition) is 1. The molecule has 3 nitrogen and oxygen atoms in total. The van der Waals surface area contributed by atoms with E-state index in [1.165, 1.54) is 24.3 Å². The number of halogens is 3. The second kappa shape index (κ2) is 5.77. The number of rotatable bonds is 5. The van der Waals surface area contributed by atoms with Crippen LogP contribution in [0, 0.1) is 0 Å². The highest BCUT2D eigenvalue weighted by Crippen LogP contribution is 2.19. The van der Waals surface area contributed by atoms with Crippen LogP contribution >= 0.6 is 0 Å². The van der Waals surface area contributed by atoms with E-state index in [0.717, 1.165) is 5.56 Å². The second-order valence-corrected chi connectivity index (χ2v) is 3.69. The summed E-state index contributed by atoms with van der Waals surface area (Å²) in [5.41, 5.74) is 0.811. The van der Waals surface area contributed by atoms with Crippen LogP contribution in [0.15, 0.2) is 24.3 Å². The molecule has 0 amide bonds. The molecule has 98 valence electrons. The lowest BCUT2D eigenvalue weighted by Crippen LogP contribution is -2.25. The van der Waals surface area contributed by atoms with Crippen molar-refractivity contribution < 1.29 is 27.9 Å². The topological polar surface area (TPSA) is 54.4 Å². The number of aliphatic hydroxyl groups excluding tert-OH is 1. The van der Waals surface area contributed by atoms with Crippen molar-refractivity contribution in [2.24, 2.45) is 0 Å². The molecule has 0 bridgehead atoms. The predicted molar refractivity (Wildman–Crippen MR) is 57.2 cm³/mol. The third kappa shape index (κ3) is 3.96. The van der Waals surface area contributed by atoms with Gasteiger partial charge in [-0.15, -0.1) is 0 Å². The Labute approximate surface area is 101 Å². The molecule has 1 aromatic carbocycles. The molecule has 0 spiro atoms. The van der Waals surface area contributed by atoms with E-state index in [1.54, 1.807) is 0 Å². The number of alkyl halides is 3. The predicted octanol–water partition coefficient (Wildman–Crippen LogP) is 1.93. The van der Waals surface area contributed by atoms with Crippen molar-refractivity contribution in [3.63, 3.8) is 0 Å². The highest BCUT2D eigenvalue weighted by Gasteiger charge is 2.39. The van der Waals surface area contributed by atoms with Crippen LogP contribution in [0.1, 0.15) is 22.3 Å². The first kappa shape index (κ1) is 14.4. The van der Waals surface area contributed by atoms with Crippen molar-refractivity contribution in [2.75, 3.05) is 6.61 Å². The van der Waals surface area contributed by atoms with Gasteiger partial charge in [0, 0.05) is 12.2 Å². The van der Waals surface area contributed by atoms with Gasteiger partial charge in [-0.2, -0.15) is 13.2 Å². The van der Waals surface area contributed by atoms with Crippen molar-refractivity contribution >= 4 is 11.6 Å². The molecule has 0 unspecified atom stereocenters. The molecule has 0 aliphatic heterocycles. The fourth-order valence-corrected chi connectivity index (χ4v) is 1.33. The quantitative estimate of drug-likeness (QED) is 0.650. The minimum absolute atomic E-state index is 0.0503. The summed E-state index contributed by atoms with van der Waals surface area (Å²) in [6.45, 7) is -0.0557. The minimum Gasteiger partial charge on any atom is -0.396 e. The number of ketones is 2. The Hall–Kier alpha value is -1.69. The van der Waals surface area contributed by atoms with Crippen molar-refractivity contribution in [3.8, 4) is 0 Å². The van der Waals surface area contributed by atoms with Gasteiger partial charge in [0.1, 0.15) is 0 Å². The Morgan fingerprint density at radius 2 is 1.67 bits per heavy atom. The lowest BCUT2D eigenvalue weighted by atomic mass is 10.0. The molecule has 1 N–H and O–H groups in total. The number of Topliss-reactive ketones (excluding diaryl/α,β-unsaturated/α-hetero) is 2. The highest BCUT2D eigenvalue weighted by atomic mass is 19.4. The van der Waals surface area contributed by atoms with Crippen LogP contribution in [0.5, 0.6) is 0 Å². The molecular weight excluding hydrogens is 249 g/mol. The van der Waals surface area contributed by atoms with Crippen LogP contribution in [-0.4, -0.2) is 29.5 Å². The minimum atomic E-state index is -4.98. The van der Waals surface area contributed by atoms with E-state index >= 15 is 0 Å². The van der Waals surface area contributed by atoms with E-state index in [4.69, 9.17) is 5.11 Å². The molecule has 0 radical (unpaired) electrons. The summed E-state index contributed by atoms with van der Waals surface area (Å²) in [7, 11) is 0. The van der Waals surface area contributed by atoms with Gasteiger partial charge >= 0.3 is 6.18 Å². The van der Waals surface area contributed by atoms with Gasteiger partial charge in [-0.05, 0) is 12.0 Å². The van der Waals surface area contributed by atoms with Crippen LogP contribution in [0.25, 0.3) is 0 Å². The normalized spacial score (nSPS) is 11.3. The van der Waals surface area contributed by atoms with Gasteiger partial charge in [-0.1, -0.05) is 24.3 Å². The van der Waals surface area contributed by atoms with Crippen LogP contribution in [0.3, 0.4) is 0 Å². The maximum atomic E-state index is 12.0. The molecule has 0 saturated heterocycles. The molecule has 1 aromatic rings. The van der Waals surface area contributed by atoms with Crippen LogP contribution < -0.4 is 0 Å². The Balaban J connectivity index is 2.70. The number of carbonyl (C=O) groups is 2. The van der Waals surface area contributed by atoms with Crippen molar-refractivity contribution in [3.05, 3.63) is 35.4 Å². The van der Waals surface area contributed by atoms with Gasteiger partial charge in [-0.25, -0.2) is 0 Å². The zero-order chi connectivity index (χ0) is 13.8. The van der Waals surface area contributed by atoms with Gasteiger partial charge < -0.3 is 5.11 Å². The van der Waals surface area contributed by atoms with Crippen molar-refractivity contribution in [1.29, 1.82) is 0 Å². The summed E-state index contributed by atoms with van der Waals surface area (Å²) < 4.78 is 35.9. The summed E-state index contributed by atoms with van der Waals surface area (Å²) in [6, 6.07) is 5.75. The zero-order valence-electron chi connectivity index (χ0n) is 9.33. The first-order valence-corrected chi connectivity index (χ1v) is 5.17. The molecule has 0 aliphatic carbocycles. The van der Waals surface area contributed by atoms with E-state index in [-0.39, 0.29) is 12.2 Å². The average molecular weight is 260 g/mol.